The van der Waals surface area contributed by atoms with E-state index in [0.717, 1.165) is 0 Å². The Labute approximate surface area is 142 Å². The molecule has 8 heteroatoms. The van der Waals surface area contributed by atoms with Gasteiger partial charge in [-0.1, -0.05) is 18.2 Å². The van der Waals surface area contributed by atoms with Gasteiger partial charge in [0.15, 0.2) is 23.1 Å². The predicted octanol–water partition coefficient (Wildman–Crippen LogP) is 2.67. The van der Waals surface area contributed by atoms with E-state index >= 15 is 0 Å². The van der Waals surface area contributed by atoms with Gasteiger partial charge in [0.1, 0.15) is 19.2 Å². The first kappa shape index (κ1) is 16.6. The van der Waals surface area contributed by atoms with Gasteiger partial charge < -0.3 is 10.1 Å². The third kappa shape index (κ3) is 4.37. The number of hydrogen-bond acceptors (Lipinski definition) is 4. The van der Waals surface area contributed by atoms with Crippen LogP contribution in [-0.4, -0.2) is 20.7 Å². The molecule has 0 aliphatic heterocycles. The number of nitrogens with zero attached hydrogens (tertiary/aromatic N) is 3. The number of rotatable bonds is 6. The molecule has 0 saturated carbocycles. The quantitative estimate of drug-likeness (QED) is 0.746. The number of amides is 1. The summed E-state index contributed by atoms with van der Waals surface area (Å²) in [6.45, 7) is 0.168. The van der Waals surface area contributed by atoms with Crippen LogP contribution in [0.3, 0.4) is 0 Å². The summed E-state index contributed by atoms with van der Waals surface area (Å²) in [6.07, 6.45) is 2.76. The maximum atomic E-state index is 14.1. The van der Waals surface area contributed by atoms with E-state index in [-0.39, 0.29) is 30.5 Å². The van der Waals surface area contributed by atoms with Crippen molar-refractivity contribution in [3.63, 3.8) is 0 Å². The van der Waals surface area contributed by atoms with Gasteiger partial charge in [0.25, 0.3) is 0 Å². The summed E-state index contributed by atoms with van der Waals surface area (Å²) in [5.74, 6) is -1.66. The Bertz CT molecular complexity index is 869. The third-order valence-corrected chi connectivity index (χ3v) is 3.31. The summed E-state index contributed by atoms with van der Waals surface area (Å²) in [5.41, 5.74) is 0.547. The smallest absolute Gasteiger partial charge is 0.242 e. The van der Waals surface area contributed by atoms with Gasteiger partial charge >= 0.3 is 0 Å². The van der Waals surface area contributed by atoms with Crippen LogP contribution in [0.5, 0.6) is 11.5 Å². The number of benzene rings is 2. The molecule has 0 unspecified atom stereocenters. The number of carbonyl (C=O) groups excluding carboxylic acids is 1. The molecule has 128 valence electrons. The Balaban J connectivity index is 1.60. The van der Waals surface area contributed by atoms with Gasteiger partial charge in [-0.25, -0.2) is 18.4 Å². The highest BCUT2D eigenvalue weighted by Gasteiger charge is 2.10. The van der Waals surface area contributed by atoms with Gasteiger partial charge in [0.2, 0.25) is 5.91 Å². The highest BCUT2D eigenvalue weighted by molar-refractivity contribution is 5.75. The maximum Gasteiger partial charge on any atom is 0.242 e. The van der Waals surface area contributed by atoms with Crippen LogP contribution < -0.4 is 10.1 Å². The Morgan fingerprint density at radius 2 is 1.92 bits per heavy atom. The van der Waals surface area contributed by atoms with Gasteiger partial charge in [-0.2, -0.15) is 5.10 Å². The lowest BCUT2D eigenvalue weighted by molar-refractivity contribution is -0.122. The van der Waals surface area contributed by atoms with Crippen molar-refractivity contribution < 1.29 is 18.3 Å². The Hall–Kier alpha value is -3.29. The number of para-hydroxylation sites is 1. The van der Waals surface area contributed by atoms with E-state index in [2.05, 4.69) is 15.4 Å². The second-order valence-electron chi connectivity index (χ2n) is 5.17. The molecule has 0 aliphatic carbocycles. The van der Waals surface area contributed by atoms with E-state index in [4.69, 9.17) is 4.74 Å². The highest BCUT2D eigenvalue weighted by atomic mass is 19.1. The predicted molar refractivity (Wildman–Crippen MR) is 84.7 cm³/mol. The number of hydrogen-bond donors (Lipinski definition) is 1. The van der Waals surface area contributed by atoms with Gasteiger partial charge in [-0.15, -0.1) is 0 Å². The van der Waals surface area contributed by atoms with E-state index in [0.29, 0.717) is 5.56 Å². The lowest BCUT2D eigenvalue weighted by atomic mass is 10.2. The van der Waals surface area contributed by atoms with Crippen LogP contribution in [0.15, 0.2) is 55.1 Å². The van der Waals surface area contributed by atoms with Crippen molar-refractivity contribution in [1.82, 2.24) is 20.1 Å². The molecule has 1 N–H and O–H groups in total. The number of nitrogens with one attached hydrogen (secondary N) is 1. The SMILES string of the molecule is O=C(Cn1cncn1)NCc1ccc(Oc2ccccc2F)c(F)c1. The molecule has 3 rings (SSSR count). The van der Waals surface area contributed by atoms with Crippen LogP contribution >= 0.6 is 0 Å². The largest absolute Gasteiger partial charge is 0.451 e. The van der Waals surface area contributed by atoms with E-state index in [9.17, 15) is 13.6 Å². The molecule has 0 radical (unpaired) electrons. The molecule has 2 aromatic carbocycles. The molecule has 0 aliphatic rings. The second kappa shape index (κ2) is 7.52. The molecule has 1 amide bonds. The lowest BCUT2D eigenvalue weighted by Gasteiger charge is -2.10. The highest BCUT2D eigenvalue weighted by Crippen LogP contribution is 2.27. The molecule has 0 spiro atoms. The van der Waals surface area contributed by atoms with E-state index < -0.39 is 11.6 Å². The number of ether oxygens (including phenoxy) is 1. The van der Waals surface area contributed by atoms with Gasteiger partial charge in [0, 0.05) is 6.54 Å². The normalized spacial score (nSPS) is 10.5. The average molecular weight is 344 g/mol. The van der Waals surface area contributed by atoms with Crippen molar-refractivity contribution >= 4 is 5.91 Å². The fourth-order valence-electron chi connectivity index (χ4n) is 2.10. The van der Waals surface area contributed by atoms with E-state index in [1.54, 1.807) is 12.1 Å². The fourth-order valence-corrected chi connectivity index (χ4v) is 2.10. The summed E-state index contributed by atoms with van der Waals surface area (Å²) in [6, 6.07) is 9.96. The number of aromatic nitrogens is 3. The van der Waals surface area contributed by atoms with Gasteiger partial charge in [0.05, 0.1) is 0 Å². The molecule has 3 aromatic rings. The topological polar surface area (TPSA) is 69.0 Å². The Morgan fingerprint density at radius 3 is 2.64 bits per heavy atom. The molecule has 1 aromatic heterocycles. The van der Waals surface area contributed by atoms with Crippen LogP contribution in [0, 0.1) is 11.6 Å². The molecule has 0 bridgehead atoms. The first-order chi connectivity index (χ1) is 12.1. The van der Waals surface area contributed by atoms with Crippen LogP contribution in [0.1, 0.15) is 5.56 Å². The van der Waals surface area contributed by atoms with Gasteiger partial charge in [-0.3, -0.25) is 4.79 Å². The van der Waals surface area contributed by atoms with Crippen LogP contribution in [-0.2, 0) is 17.9 Å². The zero-order chi connectivity index (χ0) is 17.6. The first-order valence-electron chi connectivity index (χ1n) is 7.42. The summed E-state index contributed by atoms with van der Waals surface area (Å²) in [5, 5.41) is 6.47. The first-order valence-corrected chi connectivity index (χ1v) is 7.42. The minimum atomic E-state index is -0.647. The van der Waals surface area contributed by atoms with Crippen LogP contribution in [0.25, 0.3) is 0 Å². The molecule has 0 atom stereocenters. The summed E-state index contributed by atoms with van der Waals surface area (Å²) in [7, 11) is 0. The number of halogens is 2. The van der Waals surface area contributed by atoms with E-state index in [1.165, 1.54) is 47.7 Å². The minimum Gasteiger partial charge on any atom is -0.451 e. The van der Waals surface area contributed by atoms with Crippen molar-refractivity contribution in [1.29, 1.82) is 0 Å². The molecule has 25 heavy (non-hydrogen) atoms. The zero-order valence-electron chi connectivity index (χ0n) is 13.0. The lowest BCUT2D eigenvalue weighted by Crippen LogP contribution is -2.27. The van der Waals surface area contributed by atoms with Crippen molar-refractivity contribution in [2.45, 2.75) is 13.1 Å². The van der Waals surface area contributed by atoms with Crippen molar-refractivity contribution in [3.05, 3.63) is 72.3 Å². The molecular weight excluding hydrogens is 330 g/mol. The molecule has 1 heterocycles. The number of carbonyl (C=O) groups is 1. The minimum absolute atomic E-state index is 0.0248. The fraction of sp³-hybridized carbons (Fsp3) is 0.118. The van der Waals surface area contributed by atoms with E-state index in [1.807, 2.05) is 0 Å². The molecular formula is C17H14F2N4O2. The zero-order valence-corrected chi connectivity index (χ0v) is 13.0. The molecule has 6 nitrogen and oxygen atoms in total. The Kier molecular flexibility index (Phi) is 4.98. The monoisotopic (exact) mass is 344 g/mol. The van der Waals surface area contributed by atoms with Crippen molar-refractivity contribution in [2.24, 2.45) is 0 Å². The van der Waals surface area contributed by atoms with Crippen LogP contribution in [0.2, 0.25) is 0 Å². The Morgan fingerprint density at radius 1 is 1.12 bits per heavy atom. The summed E-state index contributed by atoms with van der Waals surface area (Å²) in [4.78, 5) is 15.5. The van der Waals surface area contributed by atoms with Crippen LogP contribution in [0.4, 0.5) is 8.78 Å². The summed E-state index contributed by atoms with van der Waals surface area (Å²) >= 11 is 0. The summed E-state index contributed by atoms with van der Waals surface area (Å²) < 4.78 is 34.3. The standard InChI is InChI=1S/C17H14F2N4O2/c18-13-3-1-2-4-15(13)25-16-6-5-12(7-14(16)19)8-21-17(24)9-23-11-20-10-22-23/h1-7,10-11H,8-9H2,(H,21,24). The third-order valence-electron chi connectivity index (χ3n) is 3.31. The maximum absolute atomic E-state index is 14.1. The van der Waals surface area contributed by atoms with Crippen molar-refractivity contribution in [2.75, 3.05) is 0 Å². The second-order valence-corrected chi connectivity index (χ2v) is 5.17. The van der Waals surface area contributed by atoms with Crippen molar-refractivity contribution in [3.8, 4) is 11.5 Å². The molecule has 0 fully saturated rings. The van der Waals surface area contributed by atoms with Gasteiger partial charge in [-0.05, 0) is 29.8 Å². The molecule has 0 saturated heterocycles. The average Bonchev–Trinajstić information content (AvgIpc) is 3.10.